The first-order valence-corrected chi connectivity index (χ1v) is 21.8. The van der Waals surface area contributed by atoms with Gasteiger partial charge < -0.3 is 9.13 Å². The minimum Gasteiger partial charge on any atom is -0.309 e. The van der Waals surface area contributed by atoms with Crippen LogP contribution in [0.3, 0.4) is 0 Å². The highest BCUT2D eigenvalue weighted by Gasteiger charge is 2.45. The number of hydrogen-bond acceptors (Lipinski definition) is 0. The first kappa shape index (κ1) is 35.5. The van der Waals surface area contributed by atoms with E-state index in [0.717, 1.165) is 11.4 Å². The van der Waals surface area contributed by atoms with Gasteiger partial charge in [0, 0.05) is 32.9 Å². The van der Waals surface area contributed by atoms with Gasteiger partial charge in [-0.2, -0.15) is 0 Å². The number of hydrogen-bond donors (Lipinski definition) is 0. The number of aromatic nitrogens is 2. The average Bonchev–Trinajstić information content (AvgIpc) is 3.99. The lowest BCUT2D eigenvalue weighted by Gasteiger charge is -2.34. The maximum Gasteiger partial charge on any atom is 0.0713 e. The molecule has 12 aromatic rings. The largest absolute Gasteiger partial charge is 0.309 e. The van der Waals surface area contributed by atoms with E-state index in [1.807, 2.05) is 0 Å². The van der Waals surface area contributed by atoms with Crippen LogP contribution in [0.1, 0.15) is 22.3 Å². The molecule has 13 rings (SSSR count). The molecule has 0 bridgehead atoms. The van der Waals surface area contributed by atoms with Crippen LogP contribution in [0.15, 0.2) is 243 Å². The summed E-state index contributed by atoms with van der Waals surface area (Å²) in [5.41, 5.74) is 19.3. The molecule has 2 heterocycles. The smallest absolute Gasteiger partial charge is 0.0713 e. The second-order valence-electron chi connectivity index (χ2n) is 16.8. The highest BCUT2D eigenvalue weighted by molar-refractivity contribution is 6.12. The predicted octanol–water partition coefficient (Wildman–Crippen LogP) is 15.6. The predicted molar refractivity (Wildman–Crippen MR) is 263 cm³/mol. The van der Waals surface area contributed by atoms with Gasteiger partial charge in [-0.1, -0.05) is 182 Å². The topological polar surface area (TPSA) is 9.86 Å². The lowest BCUT2D eigenvalue weighted by molar-refractivity contribution is 0.768. The Morgan fingerprint density at radius 1 is 0.254 bits per heavy atom. The zero-order chi connectivity index (χ0) is 41.5. The van der Waals surface area contributed by atoms with E-state index in [0.29, 0.717) is 0 Å². The van der Waals surface area contributed by atoms with Crippen LogP contribution in [0.5, 0.6) is 0 Å². The molecule has 2 nitrogen and oxygen atoms in total. The van der Waals surface area contributed by atoms with Gasteiger partial charge in [0.25, 0.3) is 0 Å². The summed E-state index contributed by atoms with van der Waals surface area (Å²) in [7, 11) is 0. The van der Waals surface area contributed by atoms with Gasteiger partial charge in [-0.3, -0.25) is 0 Å². The number of para-hydroxylation sites is 2. The molecule has 2 heteroatoms. The molecule has 0 aliphatic heterocycles. The summed E-state index contributed by atoms with van der Waals surface area (Å²) < 4.78 is 4.83. The summed E-state index contributed by atoms with van der Waals surface area (Å²) in [4.78, 5) is 0. The van der Waals surface area contributed by atoms with Crippen LogP contribution in [0, 0.1) is 0 Å². The van der Waals surface area contributed by atoms with Gasteiger partial charge in [-0.15, -0.1) is 0 Å². The molecule has 0 saturated heterocycles. The fourth-order valence-electron chi connectivity index (χ4n) is 10.9. The van der Waals surface area contributed by atoms with Crippen molar-refractivity contribution < 1.29 is 0 Å². The second kappa shape index (κ2) is 13.9. The molecule has 0 saturated carbocycles. The van der Waals surface area contributed by atoms with Crippen molar-refractivity contribution in [3.63, 3.8) is 0 Å². The minimum atomic E-state index is -0.427. The molecular weight excluding hydrogens is 761 g/mol. The summed E-state index contributed by atoms with van der Waals surface area (Å²) in [6, 6.07) is 89.4. The van der Waals surface area contributed by atoms with E-state index in [1.54, 1.807) is 0 Å². The molecule has 63 heavy (non-hydrogen) atoms. The molecule has 1 aliphatic carbocycles. The van der Waals surface area contributed by atoms with Crippen LogP contribution in [0.4, 0.5) is 0 Å². The number of rotatable bonds is 6. The molecule has 1 aliphatic rings. The SMILES string of the molecule is c1ccc(-c2ccc(-n3c4ccccc4c4cc(-c5ccc6c(c5)c5ccccc5n6-c5ccc(C6(c7ccccc7)c7ccccc7-c7ccccc76)cc5)ccc43)cc2)cc1. The van der Waals surface area contributed by atoms with Crippen molar-refractivity contribution in [2.24, 2.45) is 0 Å². The van der Waals surface area contributed by atoms with Crippen molar-refractivity contribution >= 4 is 43.6 Å². The Bertz CT molecular complexity index is 3660. The van der Waals surface area contributed by atoms with E-state index in [4.69, 9.17) is 0 Å². The standard InChI is InChI=1S/C61H40N2/c1-3-15-41(16-4-1)42-27-33-47(34-28-42)62-57-25-13-9-21-51(57)53-39-43(29-37-59(53)62)44-30-38-60-54(40-44)52-22-10-14-26-58(52)63(60)48-35-31-46(32-36-48)61(45-17-5-2-6-18-45)55-23-11-7-19-49(55)50-20-8-12-24-56(50)61/h1-40H. The molecule has 0 unspecified atom stereocenters. The Hall–Kier alpha value is -8.20. The first-order chi connectivity index (χ1) is 31.3. The Kier molecular flexibility index (Phi) is 7.85. The quantitative estimate of drug-likeness (QED) is 0.159. The van der Waals surface area contributed by atoms with Gasteiger partial charge in [0.2, 0.25) is 0 Å². The van der Waals surface area contributed by atoms with Gasteiger partial charge in [-0.25, -0.2) is 0 Å². The number of benzene rings is 10. The fraction of sp³-hybridized carbons (Fsp3) is 0.0164. The second-order valence-corrected chi connectivity index (χ2v) is 16.8. The third-order valence-corrected chi connectivity index (χ3v) is 13.6. The zero-order valence-corrected chi connectivity index (χ0v) is 34.5. The molecule has 0 fully saturated rings. The summed E-state index contributed by atoms with van der Waals surface area (Å²) in [6.45, 7) is 0. The summed E-state index contributed by atoms with van der Waals surface area (Å²) in [5.74, 6) is 0. The van der Waals surface area contributed by atoms with E-state index >= 15 is 0 Å². The normalized spacial score (nSPS) is 12.9. The molecule has 10 aromatic carbocycles. The Balaban J connectivity index is 0.923. The molecule has 0 N–H and O–H groups in total. The first-order valence-electron chi connectivity index (χ1n) is 21.8. The zero-order valence-electron chi connectivity index (χ0n) is 34.5. The van der Waals surface area contributed by atoms with Crippen LogP contribution in [-0.4, -0.2) is 9.13 Å². The van der Waals surface area contributed by atoms with E-state index in [9.17, 15) is 0 Å². The maximum atomic E-state index is 2.43. The van der Waals surface area contributed by atoms with Crippen molar-refractivity contribution in [2.45, 2.75) is 5.41 Å². The highest BCUT2D eigenvalue weighted by atomic mass is 15.0. The van der Waals surface area contributed by atoms with Gasteiger partial charge in [0.1, 0.15) is 0 Å². The van der Waals surface area contributed by atoms with E-state index in [-0.39, 0.29) is 0 Å². The van der Waals surface area contributed by atoms with Crippen molar-refractivity contribution in [3.05, 3.63) is 265 Å². The molecule has 0 spiro atoms. The van der Waals surface area contributed by atoms with Crippen LogP contribution < -0.4 is 0 Å². The molecule has 0 amide bonds. The Morgan fingerprint density at radius 3 is 1.17 bits per heavy atom. The molecule has 0 radical (unpaired) electrons. The monoisotopic (exact) mass is 800 g/mol. The summed E-state index contributed by atoms with van der Waals surface area (Å²) in [5, 5.41) is 4.99. The van der Waals surface area contributed by atoms with Gasteiger partial charge in [0.05, 0.1) is 27.5 Å². The summed E-state index contributed by atoms with van der Waals surface area (Å²) in [6.07, 6.45) is 0. The average molecular weight is 801 g/mol. The minimum absolute atomic E-state index is 0.427. The van der Waals surface area contributed by atoms with E-state index in [2.05, 4.69) is 252 Å². The lowest BCUT2D eigenvalue weighted by Crippen LogP contribution is -2.28. The fourth-order valence-corrected chi connectivity index (χ4v) is 10.9. The maximum absolute atomic E-state index is 2.43. The van der Waals surface area contributed by atoms with Crippen LogP contribution >= 0.6 is 0 Å². The van der Waals surface area contributed by atoms with E-state index < -0.39 is 5.41 Å². The number of nitrogens with zero attached hydrogens (tertiary/aromatic N) is 2. The van der Waals surface area contributed by atoms with Gasteiger partial charge in [-0.05, 0) is 116 Å². The van der Waals surface area contributed by atoms with Crippen molar-refractivity contribution in [1.82, 2.24) is 9.13 Å². The highest BCUT2D eigenvalue weighted by Crippen LogP contribution is 2.56. The molecule has 2 aromatic heterocycles. The summed E-state index contributed by atoms with van der Waals surface area (Å²) >= 11 is 0. The third-order valence-electron chi connectivity index (χ3n) is 13.6. The van der Waals surface area contributed by atoms with E-state index in [1.165, 1.54) is 99.2 Å². The molecule has 294 valence electrons. The van der Waals surface area contributed by atoms with Crippen molar-refractivity contribution in [2.75, 3.05) is 0 Å². The van der Waals surface area contributed by atoms with Gasteiger partial charge in [0.15, 0.2) is 0 Å². The van der Waals surface area contributed by atoms with Crippen molar-refractivity contribution in [3.8, 4) is 44.8 Å². The molecule has 0 atom stereocenters. The Morgan fingerprint density at radius 2 is 0.635 bits per heavy atom. The number of fused-ring (bicyclic) bond motifs is 9. The van der Waals surface area contributed by atoms with Crippen LogP contribution in [0.25, 0.3) is 88.4 Å². The molecular formula is C61H40N2. The third kappa shape index (κ3) is 5.25. The van der Waals surface area contributed by atoms with Crippen LogP contribution in [-0.2, 0) is 5.41 Å². The Labute approximate surface area is 366 Å². The van der Waals surface area contributed by atoms with Gasteiger partial charge >= 0.3 is 0 Å². The lowest BCUT2D eigenvalue weighted by atomic mass is 9.68. The van der Waals surface area contributed by atoms with Crippen molar-refractivity contribution in [1.29, 1.82) is 0 Å². The van der Waals surface area contributed by atoms with Crippen LogP contribution in [0.2, 0.25) is 0 Å².